The largest absolute Gasteiger partial charge is 0.496 e. The summed E-state index contributed by atoms with van der Waals surface area (Å²) >= 11 is 6.07. The fourth-order valence-electron chi connectivity index (χ4n) is 3.50. The number of methoxy groups -OCH3 is 1. The number of amides is 1. The molecule has 32 heavy (non-hydrogen) atoms. The Labute approximate surface area is 194 Å². The minimum Gasteiger partial charge on any atom is -0.496 e. The number of nitrogens with one attached hydrogen (secondary N) is 1. The van der Waals surface area contributed by atoms with Gasteiger partial charge in [-0.25, -0.2) is 13.1 Å². The van der Waals surface area contributed by atoms with Crippen LogP contribution < -0.4 is 14.2 Å². The molecule has 1 fully saturated rings. The molecule has 0 spiro atoms. The highest BCUT2D eigenvalue weighted by atomic mass is 35.5. The molecule has 0 bridgehead atoms. The first kappa shape index (κ1) is 24.4. The number of hydrogen-bond acceptors (Lipinski definition) is 5. The second kappa shape index (κ2) is 10.6. The van der Waals surface area contributed by atoms with Crippen LogP contribution in [0.3, 0.4) is 0 Å². The molecular weight excluding hydrogens is 452 g/mol. The summed E-state index contributed by atoms with van der Waals surface area (Å²) in [6, 6.07) is 9.62. The third-order valence-electron chi connectivity index (χ3n) is 5.59. The van der Waals surface area contributed by atoms with Gasteiger partial charge in [0.05, 0.1) is 17.6 Å². The zero-order valence-electron chi connectivity index (χ0n) is 18.6. The predicted octanol–water partition coefficient (Wildman–Crippen LogP) is 3.89. The van der Waals surface area contributed by atoms with Crippen LogP contribution in [0, 0.1) is 12.8 Å². The van der Waals surface area contributed by atoms with Crippen LogP contribution in [0.5, 0.6) is 11.5 Å². The van der Waals surface area contributed by atoms with E-state index >= 15 is 0 Å². The van der Waals surface area contributed by atoms with Crippen LogP contribution in [-0.2, 0) is 10.0 Å². The number of carbonyl (C=O) groups excluding carboxylic acids is 1. The van der Waals surface area contributed by atoms with Gasteiger partial charge in [-0.05, 0) is 61.6 Å². The molecule has 1 aliphatic heterocycles. The average molecular weight is 481 g/mol. The lowest BCUT2D eigenvalue weighted by Crippen LogP contribution is -2.38. The van der Waals surface area contributed by atoms with Crippen LogP contribution in [-0.4, -0.2) is 52.6 Å². The lowest BCUT2D eigenvalue weighted by Gasteiger charge is -2.30. The Bertz CT molecular complexity index is 1070. The van der Waals surface area contributed by atoms with Crippen LogP contribution in [0.1, 0.15) is 35.7 Å². The van der Waals surface area contributed by atoms with E-state index in [1.165, 1.54) is 25.3 Å². The Morgan fingerprint density at radius 2 is 1.91 bits per heavy atom. The van der Waals surface area contributed by atoms with Gasteiger partial charge in [-0.3, -0.25) is 4.79 Å². The molecule has 9 heteroatoms. The van der Waals surface area contributed by atoms with E-state index in [1.807, 2.05) is 13.0 Å². The molecule has 174 valence electrons. The number of piperidine rings is 1. The van der Waals surface area contributed by atoms with Crippen molar-refractivity contribution < 1.29 is 22.7 Å². The maximum atomic E-state index is 13.0. The molecule has 1 aliphatic rings. The van der Waals surface area contributed by atoms with Gasteiger partial charge >= 0.3 is 0 Å². The number of halogens is 1. The van der Waals surface area contributed by atoms with Gasteiger partial charge in [0.25, 0.3) is 5.91 Å². The molecule has 0 aliphatic carbocycles. The Hall–Kier alpha value is -2.29. The Kier molecular flexibility index (Phi) is 8.03. The van der Waals surface area contributed by atoms with E-state index in [4.69, 9.17) is 21.1 Å². The zero-order chi connectivity index (χ0) is 23.3. The second-order valence-electron chi connectivity index (χ2n) is 7.99. The van der Waals surface area contributed by atoms with Gasteiger partial charge in [0.2, 0.25) is 10.0 Å². The molecule has 0 radical (unpaired) electrons. The molecule has 3 rings (SSSR count). The summed E-state index contributed by atoms with van der Waals surface area (Å²) in [6.45, 7) is 5.55. The normalized spacial score (nSPS) is 14.9. The molecule has 7 nitrogen and oxygen atoms in total. The van der Waals surface area contributed by atoms with Crippen LogP contribution in [0.2, 0.25) is 5.02 Å². The molecule has 1 saturated heterocycles. The molecule has 2 aromatic rings. The first-order valence-electron chi connectivity index (χ1n) is 10.6. The van der Waals surface area contributed by atoms with Gasteiger partial charge in [-0.1, -0.05) is 24.6 Å². The summed E-state index contributed by atoms with van der Waals surface area (Å²) in [5.41, 5.74) is 1.18. The van der Waals surface area contributed by atoms with Crippen molar-refractivity contribution in [2.24, 2.45) is 5.92 Å². The number of likely N-dealkylation sites (tertiary alicyclic amines) is 1. The topological polar surface area (TPSA) is 84.9 Å². The monoisotopic (exact) mass is 480 g/mol. The van der Waals surface area contributed by atoms with Crippen molar-refractivity contribution in [1.29, 1.82) is 0 Å². The average Bonchev–Trinajstić information content (AvgIpc) is 2.78. The summed E-state index contributed by atoms with van der Waals surface area (Å²) in [5, 5.41) is 0.585. The second-order valence-corrected chi connectivity index (χ2v) is 10.2. The molecular formula is C23H29ClN2O5S. The lowest BCUT2D eigenvalue weighted by atomic mass is 9.98. The number of sulfonamides is 1. The minimum absolute atomic E-state index is 0.00501. The van der Waals surface area contributed by atoms with Gasteiger partial charge in [-0.2, -0.15) is 0 Å². The fourth-order valence-corrected chi connectivity index (χ4v) is 4.70. The van der Waals surface area contributed by atoms with Crippen LogP contribution in [0.4, 0.5) is 0 Å². The summed E-state index contributed by atoms with van der Waals surface area (Å²) in [7, 11) is -2.37. The van der Waals surface area contributed by atoms with Crippen molar-refractivity contribution in [3.63, 3.8) is 0 Å². The predicted molar refractivity (Wildman–Crippen MR) is 124 cm³/mol. The molecule has 1 heterocycles. The van der Waals surface area contributed by atoms with Gasteiger partial charge in [-0.15, -0.1) is 0 Å². The maximum absolute atomic E-state index is 13.0. The summed E-state index contributed by atoms with van der Waals surface area (Å²) < 4.78 is 39.0. The summed E-state index contributed by atoms with van der Waals surface area (Å²) in [4.78, 5) is 14.8. The van der Waals surface area contributed by atoms with Gasteiger partial charge in [0.1, 0.15) is 18.1 Å². The molecule has 0 unspecified atom stereocenters. The summed E-state index contributed by atoms with van der Waals surface area (Å²) in [6.07, 6.45) is 1.86. The van der Waals surface area contributed by atoms with Crippen molar-refractivity contribution in [2.45, 2.75) is 31.6 Å². The molecule has 1 amide bonds. The van der Waals surface area contributed by atoms with Gasteiger partial charge < -0.3 is 14.4 Å². The van der Waals surface area contributed by atoms with E-state index in [9.17, 15) is 13.2 Å². The van der Waals surface area contributed by atoms with E-state index in [0.717, 1.165) is 18.4 Å². The molecule has 0 saturated carbocycles. The number of rotatable bonds is 8. The van der Waals surface area contributed by atoms with E-state index in [0.29, 0.717) is 35.5 Å². The number of carbonyl (C=O) groups is 1. The highest BCUT2D eigenvalue weighted by Crippen LogP contribution is 2.26. The molecule has 0 atom stereocenters. The van der Waals surface area contributed by atoms with Crippen LogP contribution >= 0.6 is 11.6 Å². The number of ether oxygens (including phenoxy) is 2. The van der Waals surface area contributed by atoms with Crippen LogP contribution in [0.15, 0.2) is 41.3 Å². The SMILES string of the molecule is COc1ccc(S(=O)(=O)NCCOc2ccc(C)c(Cl)c2)cc1C(=O)N1CCC(C)CC1. The lowest BCUT2D eigenvalue weighted by molar-refractivity contribution is 0.0693. The van der Waals surface area contributed by atoms with Gasteiger partial charge in [0, 0.05) is 24.7 Å². The van der Waals surface area contributed by atoms with Crippen molar-refractivity contribution in [2.75, 3.05) is 33.4 Å². The Morgan fingerprint density at radius 3 is 2.56 bits per heavy atom. The Balaban J connectivity index is 1.67. The number of benzene rings is 2. The van der Waals surface area contributed by atoms with E-state index in [1.54, 1.807) is 17.0 Å². The van der Waals surface area contributed by atoms with E-state index in [-0.39, 0.29) is 29.5 Å². The standard InChI is InChI=1S/C23H29ClN2O5S/c1-16-8-11-26(12-9-16)23(27)20-15-19(6-7-22(20)30-3)32(28,29)25-10-13-31-18-5-4-17(2)21(24)14-18/h4-7,14-16,25H,8-13H2,1-3H3. The van der Waals surface area contributed by atoms with Crippen molar-refractivity contribution in [1.82, 2.24) is 9.62 Å². The smallest absolute Gasteiger partial charge is 0.257 e. The van der Waals surface area contributed by atoms with Crippen molar-refractivity contribution in [3.05, 3.63) is 52.5 Å². The number of hydrogen-bond donors (Lipinski definition) is 1. The first-order valence-corrected chi connectivity index (χ1v) is 12.4. The van der Waals surface area contributed by atoms with Gasteiger partial charge in [0.15, 0.2) is 0 Å². The summed E-state index contributed by atoms with van der Waals surface area (Å²) in [5.74, 6) is 1.28. The zero-order valence-corrected chi connectivity index (χ0v) is 20.1. The Morgan fingerprint density at radius 1 is 1.19 bits per heavy atom. The van der Waals surface area contributed by atoms with E-state index < -0.39 is 10.0 Å². The minimum atomic E-state index is -3.83. The van der Waals surface area contributed by atoms with E-state index in [2.05, 4.69) is 11.6 Å². The van der Waals surface area contributed by atoms with Crippen molar-refractivity contribution >= 4 is 27.5 Å². The molecule has 1 N–H and O–H groups in total. The highest BCUT2D eigenvalue weighted by Gasteiger charge is 2.26. The number of aryl methyl sites for hydroxylation is 1. The number of nitrogens with zero attached hydrogens (tertiary/aromatic N) is 1. The highest BCUT2D eigenvalue weighted by molar-refractivity contribution is 7.89. The third kappa shape index (κ3) is 5.94. The quantitative estimate of drug-likeness (QED) is 0.579. The fraction of sp³-hybridized carbons (Fsp3) is 0.435. The van der Waals surface area contributed by atoms with Crippen LogP contribution in [0.25, 0.3) is 0 Å². The molecule has 2 aromatic carbocycles. The maximum Gasteiger partial charge on any atom is 0.257 e. The molecule has 0 aromatic heterocycles. The van der Waals surface area contributed by atoms with Crippen molar-refractivity contribution in [3.8, 4) is 11.5 Å². The third-order valence-corrected chi connectivity index (χ3v) is 7.45. The first-order chi connectivity index (χ1) is 15.2.